The zero-order valence-corrected chi connectivity index (χ0v) is 15.5. The maximum atomic E-state index is 12.6. The van der Waals surface area contributed by atoms with Crippen LogP contribution >= 0.6 is 0 Å². The van der Waals surface area contributed by atoms with Crippen molar-refractivity contribution in [2.75, 3.05) is 0 Å². The molecule has 0 N–H and O–H groups in total. The maximum absolute atomic E-state index is 12.6. The SMILES string of the molecule is CC=C1C[C@@H]2[C@@H](CC[C@]3(C)C(=O)CC[C@@H]23)[C@]2(C)C1=CC(=O)CC2C. The first kappa shape index (κ1) is 16.3. The number of hydrogen-bond donors (Lipinski definition) is 0. The highest BCUT2D eigenvalue weighted by Gasteiger charge is 2.61. The summed E-state index contributed by atoms with van der Waals surface area (Å²) in [6.45, 7) is 9.03. The van der Waals surface area contributed by atoms with Crippen molar-refractivity contribution >= 4 is 11.6 Å². The zero-order valence-electron chi connectivity index (χ0n) is 15.5. The molecule has 0 aliphatic heterocycles. The molecule has 0 aromatic rings. The lowest BCUT2D eigenvalue weighted by molar-refractivity contribution is -0.132. The molecule has 0 spiro atoms. The number of ketones is 2. The standard InChI is InChI=1S/C22H30O2/c1-5-14-11-16-17-6-7-20(24)21(17,3)9-8-18(16)22(4)13(2)10-15(23)12-19(14)22/h5,12-13,16-18H,6-11H2,1-4H3/t13?,16-,17-,18+,21-,22+/m0/s1. The molecule has 3 fully saturated rings. The van der Waals surface area contributed by atoms with E-state index in [1.807, 2.05) is 6.08 Å². The molecule has 0 saturated heterocycles. The van der Waals surface area contributed by atoms with Gasteiger partial charge in [-0.1, -0.05) is 26.8 Å². The second-order valence-corrected chi connectivity index (χ2v) is 9.23. The summed E-state index contributed by atoms with van der Waals surface area (Å²) in [4.78, 5) is 24.8. The highest BCUT2D eigenvalue weighted by Crippen LogP contribution is 2.66. The van der Waals surface area contributed by atoms with Gasteiger partial charge >= 0.3 is 0 Å². The molecule has 0 amide bonds. The summed E-state index contributed by atoms with van der Waals surface area (Å²) in [5.74, 6) is 2.98. The molecule has 4 rings (SSSR count). The summed E-state index contributed by atoms with van der Waals surface area (Å²) in [7, 11) is 0. The molecule has 1 unspecified atom stereocenters. The van der Waals surface area contributed by atoms with Crippen molar-refractivity contribution in [3.05, 3.63) is 23.3 Å². The van der Waals surface area contributed by atoms with Crippen molar-refractivity contribution < 1.29 is 9.59 Å². The highest BCUT2D eigenvalue weighted by atomic mass is 16.1. The molecule has 3 saturated carbocycles. The van der Waals surface area contributed by atoms with Gasteiger partial charge in [0.25, 0.3) is 0 Å². The molecule has 0 radical (unpaired) electrons. The molecule has 4 aliphatic carbocycles. The summed E-state index contributed by atoms with van der Waals surface area (Å²) in [6, 6.07) is 0. The fraction of sp³-hybridized carbons (Fsp3) is 0.727. The summed E-state index contributed by atoms with van der Waals surface area (Å²) < 4.78 is 0. The Morgan fingerprint density at radius 3 is 2.58 bits per heavy atom. The van der Waals surface area contributed by atoms with E-state index in [4.69, 9.17) is 0 Å². The number of carbonyl (C=O) groups excluding carboxylic acids is 2. The van der Waals surface area contributed by atoms with Crippen molar-refractivity contribution in [3.8, 4) is 0 Å². The van der Waals surface area contributed by atoms with Crippen LogP contribution in [0.5, 0.6) is 0 Å². The highest BCUT2D eigenvalue weighted by molar-refractivity contribution is 5.93. The summed E-state index contributed by atoms with van der Waals surface area (Å²) in [5, 5.41) is 0. The van der Waals surface area contributed by atoms with E-state index in [2.05, 4.69) is 33.8 Å². The zero-order chi connectivity index (χ0) is 17.3. The predicted octanol–water partition coefficient (Wildman–Crippen LogP) is 4.89. The van der Waals surface area contributed by atoms with Crippen molar-refractivity contribution in [2.24, 2.45) is 34.5 Å². The van der Waals surface area contributed by atoms with Gasteiger partial charge in [-0.05, 0) is 78.9 Å². The Labute approximate surface area is 145 Å². The predicted molar refractivity (Wildman–Crippen MR) is 95.4 cm³/mol. The molecule has 2 heteroatoms. The summed E-state index contributed by atoms with van der Waals surface area (Å²) in [6.07, 6.45) is 9.99. The van der Waals surface area contributed by atoms with Gasteiger partial charge in [0.15, 0.2) is 5.78 Å². The smallest absolute Gasteiger partial charge is 0.156 e. The third-order valence-electron chi connectivity index (χ3n) is 8.48. The van der Waals surface area contributed by atoms with Gasteiger partial charge in [0.1, 0.15) is 5.78 Å². The first-order valence-electron chi connectivity index (χ1n) is 9.76. The minimum Gasteiger partial charge on any atom is -0.299 e. The average molecular weight is 326 g/mol. The van der Waals surface area contributed by atoms with Crippen LogP contribution in [-0.2, 0) is 9.59 Å². The maximum Gasteiger partial charge on any atom is 0.156 e. The first-order valence-corrected chi connectivity index (χ1v) is 9.76. The van der Waals surface area contributed by atoms with Gasteiger partial charge in [-0.3, -0.25) is 9.59 Å². The number of Topliss-reactive ketones (excluding diaryl/α,β-unsaturated/α-hetero) is 1. The molecule has 0 heterocycles. The van der Waals surface area contributed by atoms with E-state index in [-0.39, 0.29) is 10.8 Å². The van der Waals surface area contributed by atoms with Gasteiger partial charge < -0.3 is 0 Å². The number of rotatable bonds is 0. The number of fused-ring (bicyclic) bond motifs is 5. The van der Waals surface area contributed by atoms with Gasteiger partial charge in [-0.15, -0.1) is 0 Å². The van der Waals surface area contributed by atoms with Crippen LogP contribution in [0.3, 0.4) is 0 Å². The second-order valence-electron chi connectivity index (χ2n) is 9.23. The minimum absolute atomic E-state index is 0.0781. The normalized spacial score (nSPS) is 49.5. The van der Waals surface area contributed by atoms with Crippen molar-refractivity contribution in [1.29, 1.82) is 0 Å². The molecular weight excluding hydrogens is 296 g/mol. The largest absolute Gasteiger partial charge is 0.299 e. The fourth-order valence-electron chi connectivity index (χ4n) is 6.88. The second kappa shape index (κ2) is 5.16. The van der Waals surface area contributed by atoms with E-state index in [1.54, 1.807) is 0 Å². The fourth-order valence-corrected chi connectivity index (χ4v) is 6.88. The molecular formula is C22H30O2. The average Bonchev–Trinajstić information content (AvgIpc) is 2.84. The Morgan fingerprint density at radius 1 is 1.12 bits per heavy atom. The van der Waals surface area contributed by atoms with Crippen LogP contribution in [-0.4, -0.2) is 11.6 Å². The van der Waals surface area contributed by atoms with Crippen LogP contribution in [0.15, 0.2) is 23.3 Å². The van der Waals surface area contributed by atoms with Crippen LogP contribution in [0.25, 0.3) is 0 Å². The van der Waals surface area contributed by atoms with E-state index in [1.165, 1.54) is 11.1 Å². The molecule has 24 heavy (non-hydrogen) atoms. The summed E-state index contributed by atoms with van der Waals surface area (Å²) >= 11 is 0. The van der Waals surface area contributed by atoms with Gasteiger partial charge in [0.2, 0.25) is 0 Å². The third-order valence-corrected chi connectivity index (χ3v) is 8.48. The molecule has 0 bridgehead atoms. The first-order chi connectivity index (χ1) is 11.3. The lowest BCUT2D eigenvalue weighted by atomic mass is 9.44. The Hall–Kier alpha value is -1.18. The molecule has 4 aliphatic rings. The van der Waals surface area contributed by atoms with Crippen LogP contribution < -0.4 is 0 Å². The molecule has 0 aromatic carbocycles. The molecule has 0 aromatic heterocycles. The minimum atomic E-state index is -0.0781. The quantitative estimate of drug-likeness (QED) is 0.635. The summed E-state index contributed by atoms with van der Waals surface area (Å²) in [5.41, 5.74) is 2.72. The topological polar surface area (TPSA) is 34.1 Å². The number of hydrogen-bond acceptors (Lipinski definition) is 2. The Balaban J connectivity index is 1.82. The number of allylic oxidation sites excluding steroid dienone is 3. The molecule has 2 nitrogen and oxygen atoms in total. The Morgan fingerprint density at radius 2 is 1.88 bits per heavy atom. The lowest BCUT2D eigenvalue weighted by Gasteiger charge is -2.59. The van der Waals surface area contributed by atoms with E-state index in [9.17, 15) is 9.59 Å². The van der Waals surface area contributed by atoms with Crippen LogP contribution in [0.1, 0.15) is 66.2 Å². The number of carbonyl (C=O) groups is 2. The Bertz CT molecular complexity index is 669. The van der Waals surface area contributed by atoms with Gasteiger partial charge in [0, 0.05) is 18.3 Å². The van der Waals surface area contributed by atoms with Crippen molar-refractivity contribution in [3.63, 3.8) is 0 Å². The van der Waals surface area contributed by atoms with Gasteiger partial charge in [0.05, 0.1) is 0 Å². The van der Waals surface area contributed by atoms with E-state index in [0.717, 1.165) is 32.1 Å². The van der Waals surface area contributed by atoms with Crippen LogP contribution in [0.2, 0.25) is 0 Å². The van der Waals surface area contributed by atoms with Gasteiger partial charge in [-0.25, -0.2) is 0 Å². The van der Waals surface area contributed by atoms with Crippen LogP contribution in [0.4, 0.5) is 0 Å². The van der Waals surface area contributed by atoms with Crippen LogP contribution in [0, 0.1) is 34.5 Å². The Kier molecular flexibility index (Phi) is 3.50. The monoisotopic (exact) mass is 326 g/mol. The third kappa shape index (κ3) is 1.89. The molecule has 130 valence electrons. The molecule has 6 atom stereocenters. The van der Waals surface area contributed by atoms with Crippen molar-refractivity contribution in [1.82, 2.24) is 0 Å². The van der Waals surface area contributed by atoms with Gasteiger partial charge in [-0.2, -0.15) is 0 Å². The van der Waals surface area contributed by atoms with E-state index >= 15 is 0 Å². The van der Waals surface area contributed by atoms with E-state index < -0.39 is 0 Å². The van der Waals surface area contributed by atoms with Crippen molar-refractivity contribution in [2.45, 2.75) is 66.2 Å². The van der Waals surface area contributed by atoms with E-state index in [0.29, 0.717) is 41.7 Å². The lowest BCUT2D eigenvalue weighted by Crippen LogP contribution is -2.53.